The molecule has 0 fully saturated rings. The van der Waals surface area contributed by atoms with Crippen molar-refractivity contribution in [3.05, 3.63) is 42.2 Å². The first kappa shape index (κ1) is 19.1. The van der Waals surface area contributed by atoms with Crippen LogP contribution in [0.3, 0.4) is 0 Å². The van der Waals surface area contributed by atoms with Gasteiger partial charge in [0.1, 0.15) is 12.3 Å². The Balaban J connectivity index is 1.51. The number of anilines is 1. The molecule has 0 radical (unpaired) electrons. The molecule has 1 aromatic carbocycles. The number of hydrogen-bond acceptors (Lipinski definition) is 5. The summed E-state index contributed by atoms with van der Waals surface area (Å²) in [7, 11) is 1.59. The maximum Gasteiger partial charge on any atom is 0.241 e. The van der Waals surface area contributed by atoms with E-state index in [-0.39, 0.29) is 18.5 Å². The Bertz CT molecular complexity index is 795. The molecule has 1 atom stereocenters. The van der Waals surface area contributed by atoms with Gasteiger partial charge in [0, 0.05) is 31.8 Å². The van der Waals surface area contributed by atoms with E-state index in [1.54, 1.807) is 24.2 Å². The second-order valence-corrected chi connectivity index (χ2v) is 6.50. The van der Waals surface area contributed by atoms with Crippen molar-refractivity contribution >= 4 is 28.9 Å². The Morgan fingerprint density at radius 3 is 3.15 bits per heavy atom. The third-order valence-corrected chi connectivity index (χ3v) is 4.31. The molecule has 3 rings (SSSR count). The van der Waals surface area contributed by atoms with Crippen LogP contribution >= 0.6 is 12.2 Å². The number of fused-ring (bicyclic) bond motifs is 1. The lowest BCUT2D eigenvalue weighted by atomic mass is 10.0. The molecular weight excluding hydrogens is 366 g/mol. The summed E-state index contributed by atoms with van der Waals surface area (Å²) in [6.07, 6.45) is 4.20. The molecule has 1 unspecified atom stereocenters. The normalized spacial score (nSPS) is 15.4. The molecule has 9 heteroatoms. The van der Waals surface area contributed by atoms with Crippen LogP contribution in [0.4, 0.5) is 5.69 Å². The number of carbonyl (C=O) groups is 1. The molecule has 1 amide bonds. The lowest BCUT2D eigenvalue weighted by Crippen LogP contribution is -2.35. The molecular formula is C18H23N5O3S. The zero-order valence-corrected chi connectivity index (χ0v) is 15.9. The van der Waals surface area contributed by atoms with E-state index in [0.29, 0.717) is 24.9 Å². The molecule has 2 aromatic rings. The zero-order valence-electron chi connectivity index (χ0n) is 15.1. The van der Waals surface area contributed by atoms with E-state index in [0.717, 1.165) is 23.4 Å². The van der Waals surface area contributed by atoms with Crippen LogP contribution in [-0.4, -0.2) is 47.7 Å². The molecule has 1 aliphatic rings. The minimum atomic E-state index is -0.124. The number of nitrogens with one attached hydrogen (secondary N) is 3. The van der Waals surface area contributed by atoms with Gasteiger partial charge >= 0.3 is 0 Å². The van der Waals surface area contributed by atoms with Crippen molar-refractivity contribution in [1.29, 1.82) is 0 Å². The fraction of sp³-hybridized carbons (Fsp3) is 0.389. The van der Waals surface area contributed by atoms with Crippen molar-refractivity contribution < 1.29 is 14.3 Å². The van der Waals surface area contributed by atoms with Gasteiger partial charge in [0.25, 0.3) is 0 Å². The van der Waals surface area contributed by atoms with Crippen LogP contribution in [0.25, 0.3) is 0 Å². The highest BCUT2D eigenvalue weighted by Gasteiger charge is 2.21. The van der Waals surface area contributed by atoms with Crippen LogP contribution in [0, 0.1) is 0 Å². The number of para-hydroxylation sites is 1. The number of methoxy groups -OCH3 is 1. The highest BCUT2D eigenvalue weighted by atomic mass is 32.1. The fourth-order valence-corrected chi connectivity index (χ4v) is 3.09. The number of amides is 1. The summed E-state index contributed by atoms with van der Waals surface area (Å²) in [5, 5.41) is 13.9. The third kappa shape index (κ3) is 5.41. The Morgan fingerprint density at radius 1 is 1.44 bits per heavy atom. The molecule has 3 N–H and O–H groups in total. The predicted molar refractivity (Wildman–Crippen MR) is 106 cm³/mol. The molecule has 0 saturated heterocycles. The summed E-state index contributed by atoms with van der Waals surface area (Å²) in [5.74, 6) is 0.762. The minimum absolute atomic E-state index is 0.0940. The largest absolute Gasteiger partial charge is 0.493 e. The van der Waals surface area contributed by atoms with Crippen LogP contribution in [0.2, 0.25) is 0 Å². The Kier molecular flexibility index (Phi) is 6.61. The smallest absolute Gasteiger partial charge is 0.241 e. The van der Waals surface area contributed by atoms with Gasteiger partial charge in [-0.2, -0.15) is 5.10 Å². The third-order valence-electron chi connectivity index (χ3n) is 4.09. The van der Waals surface area contributed by atoms with Gasteiger partial charge in [-0.05, 0) is 18.3 Å². The number of carbonyl (C=O) groups excluding carboxylic acids is 1. The number of thiocarbonyl (C=S) groups is 1. The standard InChI is InChI=1S/C18H23N5O3S/c1-25-9-7-19-17(24)12-23-11-13(10-20-23)21-18(27)22-15-6-8-26-16-5-3-2-4-14(15)16/h2-5,10-11,15H,6-9,12H2,1H3,(H,19,24)(H2,21,22,27). The van der Waals surface area contributed by atoms with Gasteiger partial charge in [0.15, 0.2) is 5.11 Å². The van der Waals surface area contributed by atoms with Crippen LogP contribution < -0.4 is 20.7 Å². The summed E-state index contributed by atoms with van der Waals surface area (Å²) in [5.41, 5.74) is 1.81. The van der Waals surface area contributed by atoms with Gasteiger partial charge in [-0.25, -0.2) is 0 Å². The summed E-state index contributed by atoms with van der Waals surface area (Å²) in [6.45, 7) is 1.74. The van der Waals surface area contributed by atoms with Crippen LogP contribution in [0.5, 0.6) is 5.75 Å². The second kappa shape index (κ2) is 9.33. The quantitative estimate of drug-likeness (QED) is 0.488. The first-order valence-corrected chi connectivity index (χ1v) is 9.14. The molecule has 0 aliphatic carbocycles. The van der Waals surface area contributed by atoms with Gasteiger partial charge < -0.3 is 25.4 Å². The Hall–Kier alpha value is -2.65. The number of ether oxygens (including phenoxy) is 2. The van der Waals surface area contributed by atoms with Gasteiger partial charge in [0.05, 0.1) is 31.1 Å². The molecule has 0 saturated carbocycles. The highest BCUT2D eigenvalue weighted by Crippen LogP contribution is 2.31. The van der Waals surface area contributed by atoms with Gasteiger partial charge in [-0.15, -0.1) is 0 Å². The summed E-state index contributed by atoms with van der Waals surface area (Å²) in [6, 6.07) is 8.03. The number of rotatable bonds is 7. The Morgan fingerprint density at radius 2 is 2.30 bits per heavy atom. The lowest BCUT2D eigenvalue weighted by Gasteiger charge is -2.27. The SMILES string of the molecule is COCCNC(=O)Cn1cc(NC(=S)NC2CCOc3ccccc32)cn1. The van der Waals surface area contributed by atoms with E-state index in [9.17, 15) is 4.79 Å². The van der Waals surface area contributed by atoms with Gasteiger partial charge in [-0.1, -0.05) is 18.2 Å². The molecule has 8 nitrogen and oxygen atoms in total. The highest BCUT2D eigenvalue weighted by molar-refractivity contribution is 7.80. The molecule has 144 valence electrons. The van der Waals surface area contributed by atoms with Crippen molar-refractivity contribution in [3.63, 3.8) is 0 Å². The molecule has 0 spiro atoms. The van der Waals surface area contributed by atoms with Gasteiger partial charge in [-0.3, -0.25) is 9.48 Å². The lowest BCUT2D eigenvalue weighted by molar-refractivity contribution is -0.122. The summed E-state index contributed by atoms with van der Waals surface area (Å²) < 4.78 is 12.1. The number of nitrogens with zero attached hydrogens (tertiary/aromatic N) is 2. The van der Waals surface area contributed by atoms with Crippen molar-refractivity contribution in [2.45, 2.75) is 19.0 Å². The number of benzene rings is 1. The van der Waals surface area contributed by atoms with Crippen molar-refractivity contribution in [2.24, 2.45) is 0 Å². The first-order valence-electron chi connectivity index (χ1n) is 8.73. The topological polar surface area (TPSA) is 89.4 Å². The molecule has 2 heterocycles. The zero-order chi connectivity index (χ0) is 19.1. The second-order valence-electron chi connectivity index (χ2n) is 6.10. The van der Waals surface area contributed by atoms with E-state index in [1.807, 2.05) is 24.3 Å². The predicted octanol–water partition coefficient (Wildman–Crippen LogP) is 1.46. The molecule has 1 aliphatic heterocycles. The maximum absolute atomic E-state index is 11.8. The van der Waals surface area contributed by atoms with E-state index in [4.69, 9.17) is 21.7 Å². The maximum atomic E-state index is 11.8. The van der Waals surface area contributed by atoms with E-state index in [2.05, 4.69) is 21.0 Å². The fourth-order valence-electron chi connectivity index (χ4n) is 2.83. The van der Waals surface area contributed by atoms with E-state index in [1.165, 1.54) is 0 Å². The Labute approximate surface area is 163 Å². The first-order chi connectivity index (χ1) is 13.2. The average Bonchev–Trinajstić information content (AvgIpc) is 3.09. The van der Waals surface area contributed by atoms with Crippen LogP contribution in [0.15, 0.2) is 36.7 Å². The number of hydrogen-bond donors (Lipinski definition) is 3. The number of aromatic nitrogens is 2. The van der Waals surface area contributed by atoms with E-state index >= 15 is 0 Å². The van der Waals surface area contributed by atoms with Crippen LogP contribution in [0.1, 0.15) is 18.0 Å². The van der Waals surface area contributed by atoms with E-state index < -0.39 is 0 Å². The van der Waals surface area contributed by atoms with Crippen molar-refractivity contribution in [3.8, 4) is 5.75 Å². The van der Waals surface area contributed by atoms with Crippen LogP contribution in [-0.2, 0) is 16.1 Å². The molecule has 1 aromatic heterocycles. The van der Waals surface area contributed by atoms with Gasteiger partial charge in [0.2, 0.25) is 5.91 Å². The average molecular weight is 389 g/mol. The summed E-state index contributed by atoms with van der Waals surface area (Å²) in [4.78, 5) is 11.8. The molecule has 27 heavy (non-hydrogen) atoms. The molecule has 0 bridgehead atoms. The van der Waals surface area contributed by atoms with Crippen molar-refractivity contribution in [1.82, 2.24) is 20.4 Å². The summed E-state index contributed by atoms with van der Waals surface area (Å²) >= 11 is 5.42. The monoisotopic (exact) mass is 389 g/mol. The van der Waals surface area contributed by atoms with Crippen molar-refractivity contribution in [2.75, 3.05) is 32.2 Å². The minimum Gasteiger partial charge on any atom is -0.493 e.